The van der Waals surface area contributed by atoms with Gasteiger partial charge in [0.05, 0.1) is 0 Å². The zero-order valence-electron chi connectivity index (χ0n) is 13.1. The lowest BCUT2D eigenvalue weighted by Crippen LogP contribution is -2.38. The van der Waals surface area contributed by atoms with Gasteiger partial charge in [-0.3, -0.25) is 0 Å². The van der Waals surface area contributed by atoms with E-state index in [2.05, 4.69) is 39.8 Å². The lowest BCUT2D eigenvalue weighted by molar-refractivity contribution is 0.157. The van der Waals surface area contributed by atoms with Crippen molar-refractivity contribution in [3.63, 3.8) is 0 Å². The maximum atomic E-state index is 4.41. The standard InChI is InChI=1S/C16H30N4/c1-3-4-9-17-16-18-10-14-20(16)13-7-12-19-11-6-5-8-15(19)2/h10,14-15H,3-9,11-13H2,1-2H3,(H,17,18). The number of piperidine rings is 1. The molecule has 0 aromatic carbocycles. The Bertz CT molecular complexity index is 374. The van der Waals surface area contributed by atoms with E-state index in [1.165, 1.54) is 51.6 Å². The van der Waals surface area contributed by atoms with Crippen molar-refractivity contribution < 1.29 is 0 Å². The molecule has 0 amide bonds. The SMILES string of the molecule is CCCCNc1nccn1CCCN1CCCCC1C. The summed E-state index contributed by atoms with van der Waals surface area (Å²) in [6.07, 6.45) is 11.8. The molecule has 1 aromatic rings. The number of anilines is 1. The van der Waals surface area contributed by atoms with Crippen molar-refractivity contribution >= 4 is 5.95 Å². The fourth-order valence-corrected chi connectivity index (χ4v) is 2.97. The highest BCUT2D eigenvalue weighted by molar-refractivity contribution is 5.25. The van der Waals surface area contributed by atoms with Crippen LogP contribution in [0.1, 0.15) is 52.4 Å². The molecule has 0 aliphatic carbocycles. The normalized spacial score (nSPS) is 20.2. The van der Waals surface area contributed by atoms with Crippen molar-refractivity contribution in [2.75, 3.05) is 25.0 Å². The quantitative estimate of drug-likeness (QED) is 0.740. The van der Waals surface area contributed by atoms with Crippen LogP contribution in [0.4, 0.5) is 5.95 Å². The molecule has 4 nitrogen and oxygen atoms in total. The molecule has 0 bridgehead atoms. The van der Waals surface area contributed by atoms with Crippen LogP contribution in [0.5, 0.6) is 0 Å². The molecule has 1 unspecified atom stereocenters. The third-order valence-corrected chi connectivity index (χ3v) is 4.31. The van der Waals surface area contributed by atoms with Gasteiger partial charge in [0.1, 0.15) is 0 Å². The number of hydrogen-bond donors (Lipinski definition) is 1. The number of imidazole rings is 1. The number of likely N-dealkylation sites (tertiary alicyclic amines) is 1. The van der Waals surface area contributed by atoms with Crippen LogP contribution < -0.4 is 5.32 Å². The molecular formula is C16H30N4. The van der Waals surface area contributed by atoms with Crippen molar-refractivity contribution in [3.8, 4) is 0 Å². The van der Waals surface area contributed by atoms with E-state index in [0.717, 1.165) is 25.1 Å². The summed E-state index contributed by atoms with van der Waals surface area (Å²) in [5, 5.41) is 3.43. The van der Waals surface area contributed by atoms with E-state index in [4.69, 9.17) is 0 Å². The predicted molar refractivity (Wildman–Crippen MR) is 85.1 cm³/mol. The Kier molecular flexibility index (Phi) is 6.37. The van der Waals surface area contributed by atoms with Gasteiger partial charge in [-0.1, -0.05) is 19.8 Å². The molecule has 1 N–H and O–H groups in total. The first-order chi connectivity index (χ1) is 9.81. The van der Waals surface area contributed by atoms with Crippen LogP contribution in [0.2, 0.25) is 0 Å². The smallest absolute Gasteiger partial charge is 0.202 e. The summed E-state index contributed by atoms with van der Waals surface area (Å²) in [5.41, 5.74) is 0. The molecule has 1 atom stereocenters. The Morgan fingerprint density at radius 3 is 3.00 bits per heavy atom. The first-order valence-electron chi connectivity index (χ1n) is 8.30. The molecule has 114 valence electrons. The van der Waals surface area contributed by atoms with Gasteiger partial charge in [-0.15, -0.1) is 0 Å². The summed E-state index contributed by atoms with van der Waals surface area (Å²) < 4.78 is 2.25. The van der Waals surface area contributed by atoms with Crippen molar-refractivity contribution in [3.05, 3.63) is 12.4 Å². The second-order valence-corrected chi connectivity index (χ2v) is 5.96. The molecule has 0 saturated carbocycles. The van der Waals surface area contributed by atoms with E-state index in [0.29, 0.717) is 0 Å². The summed E-state index contributed by atoms with van der Waals surface area (Å²) in [7, 11) is 0. The summed E-state index contributed by atoms with van der Waals surface area (Å²) in [4.78, 5) is 7.05. The van der Waals surface area contributed by atoms with Crippen LogP contribution in [-0.2, 0) is 6.54 Å². The Hall–Kier alpha value is -1.03. The third-order valence-electron chi connectivity index (χ3n) is 4.31. The summed E-state index contributed by atoms with van der Waals surface area (Å²) in [5.74, 6) is 1.03. The first kappa shape index (κ1) is 15.4. The second kappa shape index (κ2) is 8.30. The predicted octanol–water partition coefficient (Wildman–Crippen LogP) is 3.36. The molecular weight excluding hydrogens is 248 g/mol. The number of unbranched alkanes of at least 4 members (excludes halogenated alkanes) is 1. The highest BCUT2D eigenvalue weighted by Gasteiger charge is 2.17. The second-order valence-electron chi connectivity index (χ2n) is 5.96. The fourth-order valence-electron chi connectivity index (χ4n) is 2.97. The largest absolute Gasteiger partial charge is 0.356 e. The number of aryl methyl sites for hydroxylation is 1. The summed E-state index contributed by atoms with van der Waals surface area (Å²) >= 11 is 0. The van der Waals surface area contributed by atoms with E-state index in [1.807, 2.05) is 6.20 Å². The maximum Gasteiger partial charge on any atom is 0.202 e. The lowest BCUT2D eigenvalue weighted by Gasteiger charge is -2.33. The molecule has 2 heterocycles. The van der Waals surface area contributed by atoms with Crippen LogP contribution in [-0.4, -0.2) is 40.1 Å². The van der Waals surface area contributed by atoms with Crippen LogP contribution in [0.3, 0.4) is 0 Å². The van der Waals surface area contributed by atoms with Gasteiger partial charge in [0.2, 0.25) is 5.95 Å². The van der Waals surface area contributed by atoms with Gasteiger partial charge in [0.25, 0.3) is 0 Å². The summed E-state index contributed by atoms with van der Waals surface area (Å²) in [6.45, 7) is 9.18. The minimum absolute atomic E-state index is 0.772. The fraction of sp³-hybridized carbons (Fsp3) is 0.812. The molecule has 1 aliphatic rings. The number of aromatic nitrogens is 2. The van der Waals surface area contributed by atoms with E-state index in [1.54, 1.807) is 0 Å². The topological polar surface area (TPSA) is 33.1 Å². The van der Waals surface area contributed by atoms with Crippen LogP contribution in [0.15, 0.2) is 12.4 Å². The van der Waals surface area contributed by atoms with E-state index < -0.39 is 0 Å². The minimum atomic E-state index is 0.772. The Morgan fingerprint density at radius 2 is 2.20 bits per heavy atom. The highest BCUT2D eigenvalue weighted by Crippen LogP contribution is 2.16. The van der Waals surface area contributed by atoms with Gasteiger partial charge >= 0.3 is 0 Å². The number of nitrogens with one attached hydrogen (secondary N) is 1. The average Bonchev–Trinajstić information content (AvgIpc) is 2.89. The van der Waals surface area contributed by atoms with Gasteiger partial charge in [0.15, 0.2) is 0 Å². The number of rotatable bonds is 8. The van der Waals surface area contributed by atoms with Crippen LogP contribution >= 0.6 is 0 Å². The number of hydrogen-bond acceptors (Lipinski definition) is 3. The molecule has 20 heavy (non-hydrogen) atoms. The molecule has 0 spiro atoms. The summed E-state index contributed by atoms with van der Waals surface area (Å²) in [6, 6.07) is 0.772. The van der Waals surface area contributed by atoms with E-state index >= 15 is 0 Å². The first-order valence-corrected chi connectivity index (χ1v) is 8.30. The van der Waals surface area contributed by atoms with Gasteiger partial charge < -0.3 is 14.8 Å². The highest BCUT2D eigenvalue weighted by atomic mass is 15.2. The molecule has 4 heteroatoms. The maximum absolute atomic E-state index is 4.41. The molecule has 1 fully saturated rings. The molecule has 2 rings (SSSR count). The van der Waals surface area contributed by atoms with E-state index in [9.17, 15) is 0 Å². The number of nitrogens with zero attached hydrogens (tertiary/aromatic N) is 3. The van der Waals surface area contributed by atoms with Crippen molar-refractivity contribution in [2.24, 2.45) is 0 Å². The van der Waals surface area contributed by atoms with Crippen molar-refractivity contribution in [1.82, 2.24) is 14.5 Å². The van der Waals surface area contributed by atoms with Crippen LogP contribution in [0.25, 0.3) is 0 Å². The van der Waals surface area contributed by atoms with Crippen molar-refractivity contribution in [1.29, 1.82) is 0 Å². The third kappa shape index (κ3) is 4.51. The lowest BCUT2D eigenvalue weighted by atomic mass is 10.0. The monoisotopic (exact) mass is 278 g/mol. The Balaban J connectivity index is 1.72. The van der Waals surface area contributed by atoms with Gasteiger partial charge in [0, 0.05) is 38.1 Å². The average molecular weight is 278 g/mol. The van der Waals surface area contributed by atoms with Gasteiger partial charge in [-0.2, -0.15) is 0 Å². The molecule has 1 aromatic heterocycles. The Morgan fingerprint density at radius 1 is 1.30 bits per heavy atom. The zero-order valence-corrected chi connectivity index (χ0v) is 13.1. The molecule has 1 aliphatic heterocycles. The molecule has 1 saturated heterocycles. The van der Waals surface area contributed by atoms with Gasteiger partial charge in [-0.25, -0.2) is 4.98 Å². The minimum Gasteiger partial charge on any atom is -0.356 e. The zero-order chi connectivity index (χ0) is 14.2. The van der Waals surface area contributed by atoms with E-state index in [-0.39, 0.29) is 0 Å². The molecule has 0 radical (unpaired) electrons. The van der Waals surface area contributed by atoms with Gasteiger partial charge in [-0.05, 0) is 39.2 Å². The van der Waals surface area contributed by atoms with Crippen LogP contribution in [0, 0.1) is 0 Å². The van der Waals surface area contributed by atoms with Crippen molar-refractivity contribution in [2.45, 2.75) is 65.0 Å². The Labute approximate surface area is 123 Å².